The number of anilines is 4. The molecule has 9 aromatic heterocycles. The molecule has 15 rings (SSSR count). The largest absolute Gasteiger partial charge is 0.780 e. The van der Waals surface area contributed by atoms with Gasteiger partial charge in [-0.2, -0.15) is 15.0 Å². The predicted octanol–water partition coefficient (Wildman–Crippen LogP) is -4.71. The number of nitrogens with two attached hydrogens (primary N) is 4. The summed E-state index contributed by atoms with van der Waals surface area (Å²) in [5, 5.41) is 11.8. The lowest BCUT2D eigenvalue weighted by atomic mass is 10.1. The molecular weight excluding hydrogens is 2140 g/mol. The number of aliphatic hydroxyl groups is 1. The Bertz CT molecular complexity index is 6850. The van der Waals surface area contributed by atoms with Gasteiger partial charge in [0.05, 0.1) is 130 Å². The molecule has 71 heteroatoms. The summed E-state index contributed by atoms with van der Waals surface area (Å²) in [6.07, 6.45) is -29.5. The quantitative estimate of drug-likeness (QED) is 0.00982. The zero-order valence-electron chi connectivity index (χ0n) is 79.1. The molecule has 28 atom stereocenters. The molecule has 6 aliphatic heterocycles. The Balaban J connectivity index is 0.721. The Labute approximate surface area is 849 Å². The summed E-state index contributed by atoms with van der Waals surface area (Å²) in [5.74, 6) is -0.837. The molecule has 0 aromatic carbocycles. The molecule has 13 N–H and O–H groups in total. The second-order valence-corrected chi connectivity index (χ2v) is 45.6. The lowest BCUT2D eigenvalue weighted by molar-refractivity contribution is -0.238. The number of nitrogen functional groups attached to an aromatic ring is 4. The Kier molecular flexibility index (Phi) is 37.5. The molecule has 812 valence electrons. The maximum Gasteiger partial charge on any atom is 0.351 e. The van der Waals surface area contributed by atoms with Crippen LogP contribution < -0.4 is 81.8 Å². The van der Waals surface area contributed by atoms with Gasteiger partial charge >= 0.3 is 17.1 Å². The van der Waals surface area contributed by atoms with Gasteiger partial charge in [-0.3, -0.25) is 75.6 Å². The number of aromatic amines is 4. The molecular formula is C76H104N22O40P5S4-5. The molecule has 15 heterocycles. The van der Waals surface area contributed by atoms with Crippen molar-refractivity contribution < 1.29 is 155 Å². The van der Waals surface area contributed by atoms with Gasteiger partial charge in [0.25, 0.3) is 30.1 Å². The zero-order chi connectivity index (χ0) is 106. The number of aromatic nitrogens is 18. The van der Waals surface area contributed by atoms with E-state index < -0.39 is 255 Å². The fourth-order valence-corrected chi connectivity index (χ4v) is 23.5. The van der Waals surface area contributed by atoms with Gasteiger partial charge in [-0.05, 0) is 27.2 Å². The van der Waals surface area contributed by atoms with Crippen LogP contribution in [0.25, 0.3) is 33.5 Å². The minimum Gasteiger partial charge on any atom is -0.780 e. The highest BCUT2D eigenvalue weighted by Gasteiger charge is 2.57. The highest BCUT2D eigenvalue weighted by atomic mass is 32.7. The molecule has 6 saturated heterocycles. The number of hydrogen-bond donors (Lipinski definition) is 9. The maximum absolute atomic E-state index is 15.6. The number of nitrogens with one attached hydrogen (secondary N) is 4. The third kappa shape index (κ3) is 26.5. The number of ether oxygens (including phenoxy) is 16. The van der Waals surface area contributed by atoms with E-state index in [9.17, 15) is 48.5 Å². The van der Waals surface area contributed by atoms with Crippen LogP contribution in [0.3, 0.4) is 0 Å². The van der Waals surface area contributed by atoms with Crippen LogP contribution in [0.1, 0.15) is 73.8 Å². The Hall–Kier alpha value is -7.79. The standard InChI is InChI=1S/C76H109N22O40P5S4/c1-10-37-38(21-44(128-37)96-31-84-46-61(96)87-72(79)89-65(46)102)134-140(109,144)125-28-43-52(57(122-20-15-117-9)71(133-43)98-33-85-47-62(98)88-73(80)90-66(47)103)138-142(111,146)126-27-41-49(54(119-17-12-114-6)70(132-41)97-32-83-45-59(78)81-30-82-60(45)97)135-139(107,108)123-26-40-50(55(120-18-13-115-7)68(130-40)94-23-35(3)63(100)91-75(94)105)136-143(112,147)127-29-42-51(56(121-19-14-116-8)69(131-42)95-24-36(4)64(101)92-76(95)106)137-141(110,145)124-25-39-48(99)53(118-16-11-113-5)67(129-39)93-22-34(2)58(77)86-74(93)104/h22-24,30-33,37-44,48-57,67-71,99H,10-21,25-29H2,1-9H3,(H,107,108)(H,109,144)(H,110,145)(H,111,146)(H,112,147)(H2,77,86,104)(H2,78,81,82)(H,91,100,105)(H,92,101,106)(H3,79,87,89,102)(H3,80,88,90,103)/p-5/t37-,38?,39-,40-,41-,42-,43-,44-,48?,49?,50?,51?,52?,53+,54+,55+,56+,57+,67-,68-,69-,70-,71-,140?,141?,142?,143?/m1/s1. The molecule has 0 aliphatic carbocycles. The number of imidazole rings is 3. The van der Waals surface area contributed by atoms with Crippen molar-refractivity contribution in [2.24, 2.45) is 0 Å². The molecule has 0 amide bonds. The Morgan fingerprint density at radius 2 is 0.796 bits per heavy atom. The summed E-state index contributed by atoms with van der Waals surface area (Å²) >= 11 is 22.5. The molecule has 0 bridgehead atoms. The van der Waals surface area contributed by atoms with Crippen molar-refractivity contribution in [2.75, 3.05) is 158 Å². The van der Waals surface area contributed by atoms with E-state index in [2.05, 4.69) is 59.8 Å². The molecule has 0 spiro atoms. The van der Waals surface area contributed by atoms with Crippen LogP contribution in [-0.2, 0) is 178 Å². The number of H-pyrrole nitrogens is 4. The van der Waals surface area contributed by atoms with E-state index in [1.165, 1.54) is 81.9 Å². The molecule has 6 aliphatic rings. The average molecular weight is 2250 g/mol. The number of aryl methyl sites for hydroxylation is 3. The highest BCUT2D eigenvalue weighted by Crippen LogP contribution is 2.57. The average Bonchev–Trinajstić information content (AvgIpc) is 1.60. The summed E-state index contributed by atoms with van der Waals surface area (Å²) in [4.78, 5) is 197. The van der Waals surface area contributed by atoms with Crippen LogP contribution in [0.2, 0.25) is 0 Å². The van der Waals surface area contributed by atoms with Gasteiger partial charge in [-0.1, -0.05) is 42.3 Å². The fraction of sp³-hybridized carbons (Fsp3) is 0.645. The SMILES string of the molecule is CC[C@H]1O[C@@H](n2cnc3c(=O)[nH]c(N)nc32)CC1OP([O-])(=S)OC[C@H]1O[C@@H](n2cnc3c(=O)[nH]c(N)nc32)[C@@H](OCCOC)C1OP(=O)([S-])OC[C@H]1O[C@@H](n2cnc3c(N)ncnc32)[C@@H](OCCOC)C1OP(=O)([O-])OC[C@H]1O[C@@H](n2cc(C)c(=O)[nH]c2=O)[C@@H](OCCOC)C1OP([O-])(=S)OC[C@H]1O[C@@H](n2cc(C)c(=O)[nH]c2=O)[C@@H](OCCOC)C1OP([O-])(=S)OC[C@H]1O[C@@H](n2cc(C)c(N)nc2=O)[C@@H](OCCOC)C1O. The first kappa shape index (κ1) is 113. The Morgan fingerprint density at radius 3 is 1.27 bits per heavy atom. The molecule has 147 heavy (non-hydrogen) atoms. The van der Waals surface area contributed by atoms with Gasteiger partial charge in [0.2, 0.25) is 11.9 Å². The highest BCUT2D eigenvalue weighted by molar-refractivity contribution is 8.32. The minimum absolute atomic E-state index is 0.00720. The van der Waals surface area contributed by atoms with Crippen LogP contribution >= 0.6 is 34.8 Å². The van der Waals surface area contributed by atoms with E-state index in [1.807, 2.05) is 0 Å². The van der Waals surface area contributed by atoms with E-state index >= 15 is 18.9 Å². The van der Waals surface area contributed by atoms with Crippen molar-refractivity contribution in [1.29, 1.82) is 0 Å². The lowest BCUT2D eigenvalue weighted by Gasteiger charge is -2.37. The van der Waals surface area contributed by atoms with Crippen molar-refractivity contribution in [3.05, 3.63) is 133 Å². The van der Waals surface area contributed by atoms with E-state index in [1.54, 1.807) is 13.8 Å². The molecule has 6 fully saturated rings. The van der Waals surface area contributed by atoms with Crippen molar-refractivity contribution in [3.63, 3.8) is 0 Å². The van der Waals surface area contributed by atoms with Crippen LogP contribution in [0.4, 0.5) is 23.5 Å². The Morgan fingerprint density at radius 1 is 0.415 bits per heavy atom. The van der Waals surface area contributed by atoms with Crippen molar-refractivity contribution >= 4 is 139 Å². The van der Waals surface area contributed by atoms with Gasteiger partial charge < -0.3 is 181 Å². The van der Waals surface area contributed by atoms with Gasteiger partial charge in [0.15, 0.2) is 71.7 Å². The first-order chi connectivity index (χ1) is 70.0. The van der Waals surface area contributed by atoms with Crippen molar-refractivity contribution in [3.8, 4) is 0 Å². The molecule has 0 saturated carbocycles. The molecule has 9 aromatic rings. The summed E-state index contributed by atoms with van der Waals surface area (Å²) in [6, 6.07) is 0. The topological polar surface area (TPSA) is 806 Å². The summed E-state index contributed by atoms with van der Waals surface area (Å²) in [6.45, 7) is -22.2. The van der Waals surface area contributed by atoms with E-state index in [4.69, 9.17) is 192 Å². The van der Waals surface area contributed by atoms with Gasteiger partial charge in [0.1, 0.15) is 136 Å². The van der Waals surface area contributed by atoms with E-state index in [0.717, 1.165) is 38.7 Å². The third-order valence-electron chi connectivity index (χ3n) is 23.7. The van der Waals surface area contributed by atoms with Gasteiger partial charge in [-0.15, -0.1) is 0 Å². The van der Waals surface area contributed by atoms with Crippen LogP contribution in [0, 0.1) is 20.8 Å². The predicted molar refractivity (Wildman–Crippen MR) is 507 cm³/mol. The first-order valence-electron chi connectivity index (χ1n) is 44.7. The number of aliphatic hydroxyl groups excluding tert-OH is 1. The second kappa shape index (κ2) is 48.7. The van der Waals surface area contributed by atoms with Crippen LogP contribution in [0.15, 0.2) is 77.5 Å². The maximum atomic E-state index is 15.6. The summed E-state index contributed by atoms with van der Waals surface area (Å²) in [7, 11) is 0.463. The summed E-state index contributed by atoms with van der Waals surface area (Å²) in [5.41, 5.74) is 17.6. The van der Waals surface area contributed by atoms with Crippen LogP contribution in [0.5, 0.6) is 0 Å². The lowest BCUT2D eigenvalue weighted by Crippen LogP contribution is -2.43. The number of phosphoric ester groups is 1. The second-order valence-electron chi connectivity index (χ2n) is 33.5. The van der Waals surface area contributed by atoms with Crippen molar-refractivity contribution in [1.82, 2.24) is 87.2 Å². The first-order valence-corrected chi connectivity index (χ1v) is 56.3. The third-order valence-corrected chi connectivity index (χ3v) is 30.9. The number of fused-ring (bicyclic) bond motifs is 3. The van der Waals surface area contributed by atoms with E-state index in [0.29, 0.717) is 5.56 Å². The minimum atomic E-state index is -6.18. The molecule has 62 nitrogen and oxygen atoms in total. The van der Waals surface area contributed by atoms with Gasteiger partial charge in [-0.25, -0.2) is 39.3 Å². The monoisotopic (exact) mass is 2250 g/mol. The fourth-order valence-electron chi connectivity index (χ4n) is 16.8. The van der Waals surface area contributed by atoms with Crippen molar-refractivity contribution in [2.45, 2.75) is 182 Å². The molecule has 0 radical (unpaired) electrons. The number of hydrogen-bond acceptors (Lipinski definition) is 56. The van der Waals surface area contributed by atoms with E-state index in [-0.39, 0.29) is 140 Å². The zero-order valence-corrected chi connectivity index (χ0v) is 86.9. The van der Waals surface area contributed by atoms with Gasteiger partial charge in [0, 0.05) is 77.3 Å². The number of rotatable bonds is 52. The van der Waals surface area contributed by atoms with Crippen LogP contribution in [-0.4, -0.2) is 331 Å². The smallest absolute Gasteiger partial charge is 0.351 e. The summed E-state index contributed by atoms with van der Waals surface area (Å²) < 4.78 is 194. The normalized spacial score (nSPS) is 29.0. The number of nitrogens with zero attached hydrogens (tertiary/aromatic N) is 14. The number of phosphoric acid groups is 1. The molecule has 11 unspecified atom stereocenters. The number of methoxy groups -OCH3 is 5.